The molecule has 23 heavy (non-hydrogen) atoms. The van der Waals surface area contributed by atoms with Crippen molar-refractivity contribution in [3.05, 3.63) is 58.9 Å². The molecule has 6 heteroatoms. The standard InChI is InChI=1S/C17H13FN2O3/c1-9-6-7-13(14(18)8-9)16-19-15(20-23-16)11-4-3-5-12(10(11)2)17(21)22/h3-8H,1-2H3,(H,21,22). The lowest BCUT2D eigenvalue weighted by molar-refractivity contribution is 0.0696. The Bertz CT molecular complexity index is 903. The van der Waals surface area contributed by atoms with Crippen molar-refractivity contribution in [2.75, 3.05) is 0 Å². The third kappa shape index (κ3) is 2.70. The second kappa shape index (κ2) is 5.64. The summed E-state index contributed by atoms with van der Waals surface area (Å²) < 4.78 is 19.1. The topological polar surface area (TPSA) is 76.2 Å². The maximum absolute atomic E-state index is 14.0. The second-order valence-electron chi connectivity index (χ2n) is 5.19. The number of carbonyl (C=O) groups is 1. The van der Waals surface area contributed by atoms with Gasteiger partial charge in [0.15, 0.2) is 0 Å². The summed E-state index contributed by atoms with van der Waals surface area (Å²) in [7, 11) is 0. The summed E-state index contributed by atoms with van der Waals surface area (Å²) in [6.45, 7) is 3.45. The smallest absolute Gasteiger partial charge is 0.335 e. The van der Waals surface area contributed by atoms with E-state index in [9.17, 15) is 9.18 Å². The summed E-state index contributed by atoms with van der Waals surface area (Å²) in [4.78, 5) is 15.4. The zero-order chi connectivity index (χ0) is 16.6. The minimum absolute atomic E-state index is 0.0534. The molecule has 0 saturated carbocycles. The van der Waals surface area contributed by atoms with Crippen molar-refractivity contribution in [1.82, 2.24) is 10.1 Å². The van der Waals surface area contributed by atoms with Crippen LogP contribution in [0.5, 0.6) is 0 Å². The van der Waals surface area contributed by atoms with Gasteiger partial charge in [0.1, 0.15) is 5.82 Å². The van der Waals surface area contributed by atoms with Crippen LogP contribution in [0.25, 0.3) is 22.8 Å². The van der Waals surface area contributed by atoms with Crippen LogP contribution in [0.4, 0.5) is 4.39 Å². The molecule has 0 radical (unpaired) electrons. The molecule has 3 rings (SSSR count). The quantitative estimate of drug-likeness (QED) is 0.794. The van der Waals surface area contributed by atoms with Gasteiger partial charge in [-0.25, -0.2) is 9.18 Å². The molecule has 0 fully saturated rings. The number of aryl methyl sites for hydroxylation is 1. The molecule has 1 N–H and O–H groups in total. The maximum Gasteiger partial charge on any atom is 0.335 e. The Balaban J connectivity index is 2.06. The van der Waals surface area contributed by atoms with Crippen molar-refractivity contribution in [3.8, 4) is 22.8 Å². The van der Waals surface area contributed by atoms with E-state index in [-0.39, 0.29) is 22.8 Å². The Morgan fingerprint density at radius 2 is 1.96 bits per heavy atom. The predicted molar refractivity (Wildman–Crippen MR) is 81.6 cm³/mol. The number of aromatic carboxylic acids is 1. The summed E-state index contributed by atoms with van der Waals surface area (Å²) in [5, 5.41) is 13.0. The lowest BCUT2D eigenvalue weighted by Gasteiger charge is -2.04. The molecule has 0 aliphatic carbocycles. The minimum atomic E-state index is -1.03. The third-order valence-electron chi connectivity index (χ3n) is 3.59. The highest BCUT2D eigenvalue weighted by Crippen LogP contribution is 2.27. The fraction of sp³-hybridized carbons (Fsp3) is 0.118. The molecule has 5 nitrogen and oxygen atoms in total. The third-order valence-corrected chi connectivity index (χ3v) is 3.59. The second-order valence-corrected chi connectivity index (χ2v) is 5.19. The number of halogens is 1. The summed E-state index contributed by atoms with van der Waals surface area (Å²) in [5.41, 5.74) is 2.22. The summed E-state index contributed by atoms with van der Waals surface area (Å²) >= 11 is 0. The van der Waals surface area contributed by atoms with E-state index < -0.39 is 11.8 Å². The van der Waals surface area contributed by atoms with E-state index in [1.165, 1.54) is 12.1 Å². The lowest BCUT2D eigenvalue weighted by atomic mass is 10.0. The van der Waals surface area contributed by atoms with E-state index in [1.807, 2.05) is 0 Å². The SMILES string of the molecule is Cc1ccc(-c2nc(-c3cccc(C(=O)O)c3C)no2)c(F)c1. The van der Waals surface area contributed by atoms with E-state index in [1.54, 1.807) is 38.1 Å². The fourth-order valence-electron chi connectivity index (χ4n) is 2.35. The van der Waals surface area contributed by atoms with Gasteiger partial charge in [0, 0.05) is 5.56 Å². The molecular weight excluding hydrogens is 299 g/mol. The molecule has 3 aromatic rings. The molecule has 0 aliphatic rings. The van der Waals surface area contributed by atoms with Gasteiger partial charge in [0.25, 0.3) is 5.89 Å². The van der Waals surface area contributed by atoms with E-state index in [0.29, 0.717) is 11.1 Å². The molecule has 0 bridgehead atoms. The Kier molecular flexibility index (Phi) is 3.65. The number of aromatic nitrogens is 2. The Labute approximate surface area is 131 Å². The van der Waals surface area contributed by atoms with Gasteiger partial charge in [-0.3, -0.25) is 0 Å². The molecule has 0 unspecified atom stereocenters. The van der Waals surface area contributed by atoms with Gasteiger partial charge in [-0.2, -0.15) is 4.98 Å². The van der Waals surface area contributed by atoms with Gasteiger partial charge < -0.3 is 9.63 Å². The number of rotatable bonds is 3. The van der Waals surface area contributed by atoms with Crippen molar-refractivity contribution >= 4 is 5.97 Å². The minimum Gasteiger partial charge on any atom is -0.478 e. The monoisotopic (exact) mass is 312 g/mol. The fourth-order valence-corrected chi connectivity index (χ4v) is 2.35. The number of carboxylic acids is 1. The summed E-state index contributed by atoms with van der Waals surface area (Å²) in [6.07, 6.45) is 0. The normalized spacial score (nSPS) is 10.7. The van der Waals surface area contributed by atoms with Crippen molar-refractivity contribution in [1.29, 1.82) is 0 Å². The van der Waals surface area contributed by atoms with Crippen LogP contribution >= 0.6 is 0 Å². The lowest BCUT2D eigenvalue weighted by Crippen LogP contribution is -2.01. The molecule has 1 aromatic heterocycles. The first-order chi connectivity index (χ1) is 11.0. The van der Waals surface area contributed by atoms with E-state index in [0.717, 1.165) is 5.56 Å². The molecular formula is C17H13FN2O3. The number of carboxylic acid groups (broad SMARTS) is 1. The number of hydrogen-bond acceptors (Lipinski definition) is 4. The molecule has 0 spiro atoms. The Hall–Kier alpha value is -3.02. The number of nitrogens with zero attached hydrogens (tertiary/aromatic N) is 2. The molecule has 116 valence electrons. The molecule has 0 saturated heterocycles. The molecule has 0 atom stereocenters. The number of benzene rings is 2. The highest BCUT2D eigenvalue weighted by molar-refractivity contribution is 5.91. The zero-order valence-corrected chi connectivity index (χ0v) is 12.5. The van der Waals surface area contributed by atoms with Crippen LogP contribution in [0, 0.1) is 19.7 Å². The average Bonchev–Trinajstić information content (AvgIpc) is 2.96. The zero-order valence-electron chi connectivity index (χ0n) is 12.5. The Morgan fingerprint density at radius 3 is 2.65 bits per heavy atom. The molecule has 2 aromatic carbocycles. The van der Waals surface area contributed by atoms with E-state index in [2.05, 4.69) is 10.1 Å². The van der Waals surface area contributed by atoms with E-state index in [4.69, 9.17) is 9.63 Å². The van der Waals surface area contributed by atoms with Gasteiger partial charge >= 0.3 is 5.97 Å². The van der Waals surface area contributed by atoms with Crippen LogP contribution in [0.2, 0.25) is 0 Å². The van der Waals surface area contributed by atoms with Gasteiger partial charge in [-0.15, -0.1) is 0 Å². The van der Waals surface area contributed by atoms with Gasteiger partial charge in [0.2, 0.25) is 5.82 Å². The first kappa shape index (κ1) is 14.9. The first-order valence-electron chi connectivity index (χ1n) is 6.91. The molecule has 0 amide bonds. The van der Waals surface area contributed by atoms with Gasteiger partial charge in [0.05, 0.1) is 11.1 Å². The van der Waals surface area contributed by atoms with Crippen molar-refractivity contribution in [3.63, 3.8) is 0 Å². The molecule has 1 heterocycles. The van der Waals surface area contributed by atoms with Crippen molar-refractivity contribution in [2.24, 2.45) is 0 Å². The first-order valence-corrected chi connectivity index (χ1v) is 6.91. The van der Waals surface area contributed by atoms with Crippen molar-refractivity contribution in [2.45, 2.75) is 13.8 Å². The Morgan fingerprint density at radius 1 is 1.17 bits per heavy atom. The van der Waals surface area contributed by atoms with Crippen LogP contribution in [-0.4, -0.2) is 21.2 Å². The average molecular weight is 312 g/mol. The highest BCUT2D eigenvalue weighted by Gasteiger charge is 2.18. The van der Waals surface area contributed by atoms with Gasteiger partial charge in [-0.1, -0.05) is 23.4 Å². The van der Waals surface area contributed by atoms with Gasteiger partial charge in [-0.05, 0) is 43.2 Å². The maximum atomic E-state index is 14.0. The molecule has 0 aliphatic heterocycles. The van der Waals surface area contributed by atoms with Crippen LogP contribution in [-0.2, 0) is 0 Å². The van der Waals surface area contributed by atoms with Crippen LogP contribution in [0.3, 0.4) is 0 Å². The highest BCUT2D eigenvalue weighted by atomic mass is 19.1. The predicted octanol–water partition coefficient (Wildman–Crippen LogP) is 3.86. The van der Waals surface area contributed by atoms with Crippen LogP contribution < -0.4 is 0 Å². The van der Waals surface area contributed by atoms with Crippen molar-refractivity contribution < 1.29 is 18.8 Å². The summed E-state index contributed by atoms with van der Waals surface area (Å²) in [6, 6.07) is 9.51. The number of hydrogen-bond donors (Lipinski definition) is 1. The van der Waals surface area contributed by atoms with E-state index >= 15 is 0 Å². The van der Waals surface area contributed by atoms with Crippen LogP contribution in [0.15, 0.2) is 40.9 Å². The van der Waals surface area contributed by atoms with Crippen LogP contribution in [0.1, 0.15) is 21.5 Å². The largest absolute Gasteiger partial charge is 0.478 e. The summed E-state index contributed by atoms with van der Waals surface area (Å²) in [5.74, 6) is -1.20.